The summed E-state index contributed by atoms with van der Waals surface area (Å²) >= 11 is 0. The molecule has 2 aromatic carbocycles. The van der Waals surface area contributed by atoms with Crippen LogP contribution < -0.4 is 4.72 Å². The van der Waals surface area contributed by atoms with E-state index in [1.165, 1.54) is 5.56 Å². The van der Waals surface area contributed by atoms with Crippen molar-refractivity contribution in [3.05, 3.63) is 77.5 Å². The molecule has 0 aliphatic rings. The monoisotopic (exact) mass is 383 g/mol. The van der Waals surface area contributed by atoms with Crippen molar-refractivity contribution in [1.82, 2.24) is 9.78 Å². The summed E-state index contributed by atoms with van der Waals surface area (Å²) < 4.78 is 29.4. The highest BCUT2D eigenvalue weighted by Crippen LogP contribution is 2.16. The number of rotatable bonds is 8. The zero-order valence-electron chi connectivity index (χ0n) is 15.7. The summed E-state index contributed by atoms with van der Waals surface area (Å²) in [6.07, 6.45) is 4.95. The van der Waals surface area contributed by atoms with Crippen LogP contribution in [0.5, 0.6) is 0 Å². The lowest BCUT2D eigenvalue weighted by Gasteiger charge is -2.07. The van der Waals surface area contributed by atoms with E-state index in [1.54, 1.807) is 29.1 Å². The maximum Gasteiger partial charge on any atom is 0.263 e. The molecule has 0 bridgehead atoms. The Morgan fingerprint density at radius 3 is 2.30 bits per heavy atom. The average molecular weight is 384 g/mol. The summed E-state index contributed by atoms with van der Waals surface area (Å²) in [5.41, 5.74) is 3.47. The third-order valence-corrected chi connectivity index (χ3v) is 5.77. The number of hydrogen-bond acceptors (Lipinski definition) is 3. The van der Waals surface area contributed by atoms with Gasteiger partial charge in [0.25, 0.3) is 10.0 Å². The van der Waals surface area contributed by atoms with Gasteiger partial charge in [0.05, 0.1) is 11.4 Å². The molecule has 27 heavy (non-hydrogen) atoms. The lowest BCUT2D eigenvalue weighted by molar-refractivity contribution is 0.600. The summed E-state index contributed by atoms with van der Waals surface area (Å²) in [5.74, 6) is 0.317. The highest BCUT2D eigenvalue weighted by atomic mass is 32.2. The molecule has 0 unspecified atom stereocenters. The topological polar surface area (TPSA) is 64.0 Å². The van der Waals surface area contributed by atoms with Crippen LogP contribution in [-0.2, 0) is 23.0 Å². The second-order valence-electron chi connectivity index (χ2n) is 6.74. The third-order valence-electron chi connectivity index (χ3n) is 4.40. The van der Waals surface area contributed by atoms with E-state index in [2.05, 4.69) is 16.7 Å². The molecule has 0 saturated heterocycles. The molecule has 0 radical (unpaired) electrons. The second-order valence-corrected chi connectivity index (χ2v) is 8.42. The molecule has 1 aromatic heterocycles. The van der Waals surface area contributed by atoms with Crippen LogP contribution >= 0.6 is 0 Å². The fourth-order valence-corrected chi connectivity index (χ4v) is 3.79. The quantitative estimate of drug-likeness (QED) is 0.628. The standard InChI is InChI=1S/C21H25N3O2S/c1-3-4-5-18-10-12-20(13-11-18)27(25,26)23-21-14-15-24(22-21)16-19-8-6-17(2)7-9-19/h6-15H,3-5,16H2,1-2H3,(H,22,23). The predicted octanol–water partition coefficient (Wildman–Crippen LogP) is 4.38. The summed E-state index contributed by atoms with van der Waals surface area (Å²) in [6.45, 7) is 4.77. The molecule has 0 spiro atoms. The molecule has 5 nitrogen and oxygen atoms in total. The Labute approximate surface area is 161 Å². The van der Waals surface area contributed by atoms with E-state index in [-0.39, 0.29) is 4.90 Å². The van der Waals surface area contributed by atoms with Crippen LogP contribution in [0.4, 0.5) is 5.82 Å². The van der Waals surface area contributed by atoms with E-state index in [9.17, 15) is 8.42 Å². The van der Waals surface area contributed by atoms with Crippen molar-refractivity contribution in [2.45, 2.75) is 44.6 Å². The van der Waals surface area contributed by atoms with E-state index < -0.39 is 10.0 Å². The fraction of sp³-hybridized carbons (Fsp3) is 0.286. The molecule has 3 rings (SSSR count). The van der Waals surface area contributed by atoms with Gasteiger partial charge in [0.2, 0.25) is 0 Å². The molecule has 3 aromatic rings. The molecule has 1 heterocycles. The lowest BCUT2D eigenvalue weighted by atomic mass is 10.1. The zero-order chi connectivity index (χ0) is 19.3. The first-order chi connectivity index (χ1) is 13.0. The Balaban J connectivity index is 1.67. The highest BCUT2D eigenvalue weighted by molar-refractivity contribution is 7.92. The third kappa shape index (κ3) is 5.20. The summed E-state index contributed by atoms with van der Waals surface area (Å²) in [6, 6.07) is 16.9. The molecule has 1 N–H and O–H groups in total. The van der Waals surface area contributed by atoms with E-state index >= 15 is 0 Å². The number of aromatic nitrogens is 2. The van der Waals surface area contributed by atoms with Crippen LogP contribution in [0.2, 0.25) is 0 Å². The Hall–Kier alpha value is -2.60. The molecule has 0 fully saturated rings. The molecule has 0 saturated carbocycles. The van der Waals surface area contributed by atoms with Gasteiger partial charge in [-0.2, -0.15) is 5.10 Å². The minimum atomic E-state index is -3.64. The summed E-state index contributed by atoms with van der Waals surface area (Å²) in [7, 11) is -3.64. The number of aryl methyl sites for hydroxylation is 2. The first kappa shape index (κ1) is 19.2. The largest absolute Gasteiger partial charge is 0.266 e. The lowest BCUT2D eigenvalue weighted by Crippen LogP contribution is -2.14. The highest BCUT2D eigenvalue weighted by Gasteiger charge is 2.15. The van der Waals surface area contributed by atoms with Crippen LogP contribution in [0.1, 0.15) is 36.5 Å². The van der Waals surface area contributed by atoms with Crippen LogP contribution in [0, 0.1) is 6.92 Å². The van der Waals surface area contributed by atoms with Crippen molar-refractivity contribution in [2.24, 2.45) is 0 Å². The molecule has 0 aliphatic carbocycles. The maximum atomic E-state index is 12.6. The van der Waals surface area contributed by atoms with Gasteiger partial charge in [-0.25, -0.2) is 8.42 Å². The molecule has 142 valence electrons. The number of benzene rings is 2. The number of nitrogens with zero attached hydrogens (tertiary/aromatic N) is 2. The number of nitrogens with one attached hydrogen (secondary N) is 1. The first-order valence-corrected chi connectivity index (χ1v) is 10.7. The summed E-state index contributed by atoms with van der Waals surface area (Å²) in [5, 5.41) is 4.32. The number of anilines is 1. The predicted molar refractivity (Wildman–Crippen MR) is 108 cm³/mol. The number of hydrogen-bond donors (Lipinski definition) is 1. The van der Waals surface area contributed by atoms with Crippen molar-refractivity contribution in [1.29, 1.82) is 0 Å². The Morgan fingerprint density at radius 2 is 1.63 bits per heavy atom. The SMILES string of the molecule is CCCCc1ccc(S(=O)(=O)Nc2ccn(Cc3ccc(C)cc3)n2)cc1. The van der Waals surface area contributed by atoms with Gasteiger partial charge in [-0.05, 0) is 43.0 Å². The van der Waals surface area contributed by atoms with Gasteiger partial charge in [-0.15, -0.1) is 0 Å². The Morgan fingerprint density at radius 1 is 0.963 bits per heavy atom. The first-order valence-electron chi connectivity index (χ1n) is 9.17. The van der Waals surface area contributed by atoms with E-state index in [1.807, 2.05) is 43.3 Å². The van der Waals surface area contributed by atoms with Crippen molar-refractivity contribution in [3.8, 4) is 0 Å². The van der Waals surface area contributed by atoms with Gasteiger partial charge in [0, 0.05) is 12.3 Å². The van der Waals surface area contributed by atoms with Gasteiger partial charge in [-0.3, -0.25) is 9.40 Å². The number of unbranched alkanes of at least 4 members (excludes halogenated alkanes) is 1. The summed E-state index contributed by atoms with van der Waals surface area (Å²) in [4.78, 5) is 0.246. The van der Waals surface area contributed by atoms with Gasteiger partial charge in [-0.1, -0.05) is 55.3 Å². The van der Waals surface area contributed by atoms with Gasteiger partial charge in [0.15, 0.2) is 5.82 Å². The van der Waals surface area contributed by atoms with Gasteiger partial charge in [0.1, 0.15) is 0 Å². The van der Waals surface area contributed by atoms with Gasteiger partial charge >= 0.3 is 0 Å². The Kier molecular flexibility index (Phi) is 5.96. The molecular formula is C21H25N3O2S. The molecule has 0 atom stereocenters. The number of sulfonamides is 1. The van der Waals surface area contributed by atoms with E-state index in [4.69, 9.17) is 0 Å². The van der Waals surface area contributed by atoms with Crippen LogP contribution in [0.3, 0.4) is 0 Å². The normalized spacial score (nSPS) is 11.5. The fourth-order valence-electron chi connectivity index (χ4n) is 2.80. The Bertz CT molecular complexity index is 975. The maximum absolute atomic E-state index is 12.6. The van der Waals surface area contributed by atoms with Crippen LogP contribution in [0.25, 0.3) is 0 Å². The molecular weight excluding hydrogens is 358 g/mol. The van der Waals surface area contributed by atoms with Crippen molar-refractivity contribution in [3.63, 3.8) is 0 Å². The van der Waals surface area contributed by atoms with Crippen LogP contribution in [0.15, 0.2) is 65.7 Å². The molecule has 0 amide bonds. The second kappa shape index (κ2) is 8.39. The van der Waals surface area contributed by atoms with Crippen molar-refractivity contribution < 1.29 is 8.42 Å². The van der Waals surface area contributed by atoms with Crippen LogP contribution in [-0.4, -0.2) is 18.2 Å². The van der Waals surface area contributed by atoms with Crippen molar-refractivity contribution >= 4 is 15.8 Å². The zero-order valence-corrected chi connectivity index (χ0v) is 16.5. The molecule has 0 aliphatic heterocycles. The minimum Gasteiger partial charge on any atom is -0.266 e. The average Bonchev–Trinajstić information content (AvgIpc) is 3.08. The molecule has 6 heteroatoms. The van der Waals surface area contributed by atoms with Crippen molar-refractivity contribution in [2.75, 3.05) is 4.72 Å². The van der Waals surface area contributed by atoms with Gasteiger partial charge < -0.3 is 0 Å². The smallest absolute Gasteiger partial charge is 0.263 e. The minimum absolute atomic E-state index is 0.246. The van der Waals surface area contributed by atoms with E-state index in [0.717, 1.165) is 30.4 Å². The van der Waals surface area contributed by atoms with E-state index in [0.29, 0.717) is 12.4 Å².